The van der Waals surface area contributed by atoms with Crippen LogP contribution in [0.5, 0.6) is 0 Å². The normalized spacial score (nSPS) is 22.8. The molecule has 106 valence electrons. The highest BCUT2D eigenvalue weighted by molar-refractivity contribution is 5.85. The van der Waals surface area contributed by atoms with Crippen molar-refractivity contribution in [2.45, 2.75) is 53.4 Å². The molecule has 0 spiro atoms. The zero-order chi connectivity index (χ0) is 13.8. The number of nitrogens with two attached hydrogens (primary N) is 1. The molecule has 3 N–H and O–H groups in total. The van der Waals surface area contributed by atoms with Crippen molar-refractivity contribution in [2.24, 2.45) is 21.7 Å². The Kier molecular flexibility index (Phi) is 5.02. The molecule has 0 unspecified atom stereocenters. The zero-order valence-corrected chi connectivity index (χ0v) is 12.4. The van der Waals surface area contributed by atoms with Crippen LogP contribution >= 0.6 is 0 Å². The van der Waals surface area contributed by atoms with E-state index in [0.717, 1.165) is 13.0 Å². The van der Waals surface area contributed by atoms with E-state index in [-0.39, 0.29) is 5.41 Å². The van der Waals surface area contributed by atoms with Gasteiger partial charge in [0, 0.05) is 5.41 Å². The van der Waals surface area contributed by atoms with Crippen LogP contribution in [0.15, 0.2) is 5.16 Å². The van der Waals surface area contributed by atoms with Crippen LogP contribution in [0.25, 0.3) is 0 Å². The number of nitrogens with zero attached hydrogens (tertiary/aromatic N) is 2. The van der Waals surface area contributed by atoms with Gasteiger partial charge in [0.1, 0.15) is 5.84 Å². The highest BCUT2D eigenvalue weighted by atomic mass is 16.4. The first-order chi connectivity index (χ1) is 8.27. The molecule has 0 aromatic rings. The van der Waals surface area contributed by atoms with Gasteiger partial charge >= 0.3 is 0 Å². The van der Waals surface area contributed by atoms with E-state index >= 15 is 0 Å². The third-order valence-corrected chi connectivity index (χ3v) is 4.29. The summed E-state index contributed by atoms with van der Waals surface area (Å²) >= 11 is 0. The fourth-order valence-electron chi connectivity index (χ4n) is 2.40. The fourth-order valence-corrected chi connectivity index (χ4v) is 2.40. The molecule has 1 fully saturated rings. The Labute approximate surface area is 111 Å². The number of rotatable bonds is 4. The lowest BCUT2D eigenvalue weighted by Gasteiger charge is -2.28. The monoisotopic (exact) mass is 255 g/mol. The third-order valence-electron chi connectivity index (χ3n) is 4.29. The van der Waals surface area contributed by atoms with Crippen molar-refractivity contribution in [1.82, 2.24) is 4.90 Å². The minimum absolute atomic E-state index is 0.226. The number of hydrogen-bond acceptors (Lipinski definition) is 3. The second-order valence-electron chi connectivity index (χ2n) is 6.98. The van der Waals surface area contributed by atoms with Crippen LogP contribution < -0.4 is 5.73 Å². The van der Waals surface area contributed by atoms with Gasteiger partial charge in [0.05, 0.1) is 0 Å². The zero-order valence-electron chi connectivity index (χ0n) is 12.4. The van der Waals surface area contributed by atoms with E-state index < -0.39 is 0 Å². The first-order valence-electron chi connectivity index (χ1n) is 6.97. The highest BCUT2D eigenvalue weighted by Crippen LogP contribution is 2.30. The summed E-state index contributed by atoms with van der Waals surface area (Å²) < 4.78 is 0. The van der Waals surface area contributed by atoms with Crippen LogP contribution in [0, 0.1) is 10.8 Å². The summed E-state index contributed by atoms with van der Waals surface area (Å²) in [6.45, 7) is 12.1. The first kappa shape index (κ1) is 15.3. The summed E-state index contributed by atoms with van der Waals surface area (Å²) in [7, 11) is 0. The molecule has 0 bridgehead atoms. The minimum atomic E-state index is -0.226. The van der Waals surface area contributed by atoms with Gasteiger partial charge in [0.15, 0.2) is 0 Å². The molecule has 0 amide bonds. The fraction of sp³-hybridized carbons (Fsp3) is 0.929. The maximum absolute atomic E-state index is 8.77. The quantitative estimate of drug-likeness (QED) is 0.351. The third kappa shape index (κ3) is 4.48. The van der Waals surface area contributed by atoms with Gasteiger partial charge in [-0.05, 0) is 50.7 Å². The SMILES string of the molecule is CC1(C)CCCN(CCC(C)(C)C(N)=NO)CC1. The lowest BCUT2D eigenvalue weighted by Crippen LogP contribution is -2.36. The van der Waals surface area contributed by atoms with Crippen LogP contribution in [0.4, 0.5) is 0 Å². The summed E-state index contributed by atoms with van der Waals surface area (Å²) in [6, 6.07) is 0. The molecular formula is C14H29N3O. The maximum atomic E-state index is 8.77. The van der Waals surface area contributed by atoms with Crippen molar-refractivity contribution >= 4 is 5.84 Å². The van der Waals surface area contributed by atoms with E-state index in [1.54, 1.807) is 0 Å². The molecule has 1 aliphatic rings. The van der Waals surface area contributed by atoms with Crippen molar-refractivity contribution in [2.75, 3.05) is 19.6 Å². The van der Waals surface area contributed by atoms with E-state index in [9.17, 15) is 0 Å². The van der Waals surface area contributed by atoms with Crippen LogP contribution in [0.3, 0.4) is 0 Å². The standard InChI is InChI=1S/C14H29N3O/c1-13(2)6-5-9-17(10-7-13)11-8-14(3,4)12(15)16-18/h18H,5-11H2,1-4H3,(H2,15,16). The predicted octanol–water partition coefficient (Wildman–Crippen LogP) is 2.66. The molecule has 1 rings (SSSR count). The van der Waals surface area contributed by atoms with Crippen molar-refractivity contribution in [3.63, 3.8) is 0 Å². The molecule has 0 atom stereocenters. The van der Waals surface area contributed by atoms with E-state index in [0.29, 0.717) is 11.3 Å². The van der Waals surface area contributed by atoms with Crippen LogP contribution in [0.2, 0.25) is 0 Å². The first-order valence-corrected chi connectivity index (χ1v) is 6.97. The molecule has 0 radical (unpaired) electrons. The van der Waals surface area contributed by atoms with Crippen molar-refractivity contribution < 1.29 is 5.21 Å². The van der Waals surface area contributed by atoms with Gasteiger partial charge in [-0.15, -0.1) is 0 Å². The number of hydrogen-bond donors (Lipinski definition) is 2. The van der Waals surface area contributed by atoms with Gasteiger partial charge in [0.25, 0.3) is 0 Å². The van der Waals surface area contributed by atoms with Gasteiger partial charge in [-0.3, -0.25) is 0 Å². The van der Waals surface area contributed by atoms with Crippen LogP contribution in [-0.4, -0.2) is 35.6 Å². The van der Waals surface area contributed by atoms with E-state index in [1.165, 1.54) is 32.4 Å². The molecular weight excluding hydrogens is 226 g/mol. The summed E-state index contributed by atoms with van der Waals surface area (Å²) in [4.78, 5) is 2.52. The lowest BCUT2D eigenvalue weighted by atomic mass is 9.85. The summed E-state index contributed by atoms with van der Waals surface area (Å²) in [5.41, 5.74) is 5.98. The predicted molar refractivity (Wildman–Crippen MR) is 75.9 cm³/mol. The van der Waals surface area contributed by atoms with Crippen molar-refractivity contribution in [3.05, 3.63) is 0 Å². The van der Waals surface area contributed by atoms with Gasteiger partial charge < -0.3 is 15.8 Å². The Balaban J connectivity index is 2.44. The average Bonchev–Trinajstić information content (AvgIpc) is 2.46. The number of amidine groups is 1. The molecule has 0 aliphatic carbocycles. The maximum Gasteiger partial charge on any atom is 0.144 e. The van der Waals surface area contributed by atoms with Crippen molar-refractivity contribution in [1.29, 1.82) is 0 Å². The van der Waals surface area contributed by atoms with E-state index in [1.807, 2.05) is 13.8 Å². The van der Waals surface area contributed by atoms with Gasteiger partial charge in [0.2, 0.25) is 0 Å². The van der Waals surface area contributed by atoms with Crippen LogP contribution in [0.1, 0.15) is 53.4 Å². The van der Waals surface area contributed by atoms with Crippen molar-refractivity contribution in [3.8, 4) is 0 Å². The Bertz CT molecular complexity index is 297. The topological polar surface area (TPSA) is 61.8 Å². The molecule has 0 aromatic heterocycles. The highest BCUT2D eigenvalue weighted by Gasteiger charge is 2.27. The molecule has 4 nitrogen and oxygen atoms in total. The Morgan fingerprint density at radius 2 is 2.00 bits per heavy atom. The summed E-state index contributed by atoms with van der Waals surface area (Å²) in [5.74, 6) is 0.331. The molecule has 18 heavy (non-hydrogen) atoms. The number of likely N-dealkylation sites (tertiary alicyclic amines) is 1. The Hall–Kier alpha value is -0.770. The molecule has 1 saturated heterocycles. The van der Waals surface area contributed by atoms with Gasteiger partial charge in [-0.1, -0.05) is 32.9 Å². The molecule has 0 aromatic carbocycles. The average molecular weight is 255 g/mol. The van der Waals surface area contributed by atoms with E-state index in [4.69, 9.17) is 10.9 Å². The number of oxime groups is 1. The lowest BCUT2D eigenvalue weighted by molar-refractivity contribution is 0.236. The molecule has 1 heterocycles. The second-order valence-corrected chi connectivity index (χ2v) is 6.98. The van der Waals surface area contributed by atoms with Crippen LogP contribution in [-0.2, 0) is 0 Å². The Morgan fingerprint density at radius 1 is 1.33 bits per heavy atom. The second kappa shape index (κ2) is 5.91. The molecule has 4 heteroatoms. The largest absolute Gasteiger partial charge is 0.409 e. The van der Waals surface area contributed by atoms with Gasteiger partial charge in [-0.2, -0.15) is 0 Å². The Morgan fingerprint density at radius 3 is 2.61 bits per heavy atom. The smallest absolute Gasteiger partial charge is 0.144 e. The summed E-state index contributed by atoms with van der Waals surface area (Å²) in [6.07, 6.45) is 4.78. The molecule has 1 aliphatic heterocycles. The van der Waals surface area contributed by atoms with E-state index in [2.05, 4.69) is 23.9 Å². The minimum Gasteiger partial charge on any atom is -0.409 e. The van der Waals surface area contributed by atoms with Gasteiger partial charge in [-0.25, -0.2) is 0 Å². The summed E-state index contributed by atoms with van der Waals surface area (Å²) in [5, 5.41) is 11.9. The molecule has 0 saturated carbocycles.